The lowest BCUT2D eigenvalue weighted by Gasteiger charge is -2.31. The Labute approximate surface area is 142 Å². The van der Waals surface area contributed by atoms with Gasteiger partial charge in [0, 0.05) is 6.04 Å². The van der Waals surface area contributed by atoms with Crippen molar-refractivity contribution in [2.45, 2.75) is 83.0 Å². The summed E-state index contributed by atoms with van der Waals surface area (Å²) in [5.74, 6) is 0.694. The number of likely N-dealkylation sites (tertiary alicyclic amines) is 1. The Balaban J connectivity index is 1.83. The number of aliphatic hydroxyl groups is 1. The Bertz CT molecular complexity index is 575. The van der Waals surface area contributed by atoms with Crippen molar-refractivity contribution in [3.8, 4) is 0 Å². The van der Waals surface area contributed by atoms with E-state index in [0.29, 0.717) is 5.82 Å². The second-order valence-electron chi connectivity index (χ2n) is 7.89. The zero-order valence-electron chi connectivity index (χ0n) is 14.8. The third-order valence-electron chi connectivity index (χ3n) is 5.06. The van der Waals surface area contributed by atoms with Crippen LogP contribution in [0.1, 0.15) is 71.2 Å². The van der Waals surface area contributed by atoms with Crippen molar-refractivity contribution in [1.29, 1.82) is 0 Å². The first kappa shape index (κ1) is 17.1. The smallest absolute Gasteiger partial charge is 0.318 e. The summed E-state index contributed by atoms with van der Waals surface area (Å²) in [6, 6.07) is -0.233. The number of aromatic nitrogens is 4. The van der Waals surface area contributed by atoms with Crippen molar-refractivity contribution in [2.75, 3.05) is 6.61 Å². The van der Waals surface area contributed by atoms with E-state index in [4.69, 9.17) is 0 Å². The maximum absolute atomic E-state index is 12.9. The summed E-state index contributed by atoms with van der Waals surface area (Å²) in [6.45, 7) is 6.07. The fraction of sp³-hybridized carbons (Fsp3) is 0.875. The zero-order valence-corrected chi connectivity index (χ0v) is 14.8. The minimum Gasteiger partial charge on any atom is -0.394 e. The van der Waals surface area contributed by atoms with Crippen molar-refractivity contribution in [2.24, 2.45) is 0 Å². The summed E-state index contributed by atoms with van der Waals surface area (Å²) >= 11 is 0. The Morgan fingerprint density at radius 2 is 1.96 bits per heavy atom. The van der Waals surface area contributed by atoms with E-state index >= 15 is 0 Å². The van der Waals surface area contributed by atoms with Gasteiger partial charge in [-0.15, -0.1) is 5.10 Å². The van der Waals surface area contributed by atoms with Crippen LogP contribution in [0.3, 0.4) is 0 Å². The van der Waals surface area contributed by atoms with Crippen LogP contribution in [-0.4, -0.2) is 54.9 Å². The second-order valence-corrected chi connectivity index (χ2v) is 7.89. The van der Waals surface area contributed by atoms with E-state index < -0.39 is 0 Å². The summed E-state index contributed by atoms with van der Waals surface area (Å²) < 4.78 is 1.78. The van der Waals surface area contributed by atoms with Gasteiger partial charge in [0.05, 0.1) is 24.2 Å². The van der Waals surface area contributed by atoms with Gasteiger partial charge in [0.1, 0.15) is 0 Å². The van der Waals surface area contributed by atoms with Crippen LogP contribution in [0, 0.1) is 0 Å². The first-order chi connectivity index (χ1) is 11.4. The van der Waals surface area contributed by atoms with Crippen molar-refractivity contribution >= 4 is 6.03 Å². The molecule has 0 unspecified atom stereocenters. The molecule has 8 nitrogen and oxygen atoms in total. The summed E-state index contributed by atoms with van der Waals surface area (Å²) in [5, 5.41) is 25.0. The lowest BCUT2D eigenvalue weighted by molar-refractivity contribution is 0.130. The Hall–Kier alpha value is -1.70. The molecule has 24 heavy (non-hydrogen) atoms. The van der Waals surface area contributed by atoms with E-state index in [0.717, 1.165) is 25.7 Å². The predicted molar refractivity (Wildman–Crippen MR) is 88.3 cm³/mol. The second kappa shape index (κ2) is 6.66. The highest BCUT2D eigenvalue weighted by Crippen LogP contribution is 2.36. The number of hydrogen-bond donors (Lipinski definition) is 2. The van der Waals surface area contributed by atoms with E-state index in [2.05, 4.69) is 20.8 Å². The van der Waals surface area contributed by atoms with Crippen LogP contribution in [0.5, 0.6) is 0 Å². The van der Waals surface area contributed by atoms with Gasteiger partial charge in [-0.25, -0.2) is 9.48 Å². The SMILES string of the molecule is CC(C)(C)n1nnnc1[C@@H]1CC[C@@H](CO)N1C(=O)NC1CCCC1. The van der Waals surface area contributed by atoms with Gasteiger partial charge in [0.15, 0.2) is 5.82 Å². The number of hydrogen-bond acceptors (Lipinski definition) is 5. The number of amides is 2. The van der Waals surface area contributed by atoms with Crippen molar-refractivity contribution in [3.63, 3.8) is 0 Å². The molecule has 1 aromatic rings. The average molecular weight is 336 g/mol. The van der Waals surface area contributed by atoms with Crippen LogP contribution in [0.4, 0.5) is 4.79 Å². The molecule has 1 saturated carbocycles. The van der Waals surface area contributed by atoms with Gasteiger partial charge in [-0.1, -0.05) is 12.8 Å². The Morgan fingerprint density at radius 3 is 2.58 bits per heavy atom. The molecule has 1 saturated heterocycles. The minimum absolute atomic E-state index is 0.0360. The fourth-order valence-corrected chi connectivity index (χ4v) is 3.82. The van der Waals surface area contributed by atoms with Crippen LogP contribution in [0.15, 0.2) is 0 Å². The van der Waals surface area contributed by atoms with Gasteiger partial charge in [0.2, 0.25) is 0 Å². The average Bonchev–Trinajstić information content (AvgIpc) is 3.25. The summed E-state index contributed by atoms with van der Waals surface area (Å²) in [7, 11) is 0. The first-order valence-corrected chi connectivity index (χ1v) is 8.90. The molecule has 2 fully saturated rings. The highest BCUT2D eigenvalue weighted by atomic mass is 16.3. The maximum atomic E-state index is 12.9. The summed E-state index contributed by atoms with van der Waals surface area (Å²) in [5.41, 5.74) is -0.260. The molecule has 0 aromatic carbocycles. The normalized spacial score (nSPS) is 25.4. The van der Waals surface area contributed by atoms with E-state index in [1.54, 1.807) is 9.58 Å². The largest absolute Gasteiger partial charge is 0.394 e. The Kier molecular flexibility index (Phi) is 4.76. The van der Waals surface area contributed by atoms with Crippen LogP contribution in [0.2, 0.25) is 0 Å². The number of aliphatic hydroxyl groups excluding tert-OH is 1. The maximum Gasteiger partial charge on any atom is 0.318 e. The van der Waals surface area contributed by atoms with Gasteiger partial charge >= 0.3 is 6.03 Å². The van der Waals surface area contributed by atoms with E-state index in [9.17, 15) is 9.90 Å². The van der Waals surface area contributed by atoms with Gasteiger partial charge in [-0.3, -0.25) is 0 Å². The third kappa shape index (κ3) is 3.24. The minimum atomic E-state index is -0.260. The molecule has 2 amide bonds. The monoisotopic (exact) mass is 336 g/mol. The molecule has 0 spiro atoms. The molecule has 1 aliphatic carbocycles. The fourth-order valence-electron chi connectivity index (χ4n) is 3.82. The first-order valence-electron chi connectivity index (χ1n) is 8.90. The van der Waals surface area contributed by atoms with Crippen LogP contribution >= 0.6 is 0 Å². The topological polar surface area (TPSA) is 96.2 Å². The molecule has 2 N–H and O–H groups in total. The molecular formula is C16H28N6O2. The number of nitrogens with zero attached hydrogens (tertiary/aromatic N) is 5. The molecule has 2 atom stereocenters. The molecular weight excluding hydrogens is 308 g/mol. The molecule has 2 aliphatic rings. The number of tetrazole rings is 1. The molecule has 0 bridgehead atoms. The molecule has 134 valence electrons. The van der Waals surface area contributed by atoms with E-state index in [1.165, 1.54) is 12.8 Å². The van der Waals surface area contributed by atoms with Crippen LogP contribution in [0.25, 0.3) is 0 Å². The summed E-state index contributed by atoms with van der Waals surface area (Å²) in [4.78, 5) is 14.6. The van der Waals surface area contributed by atoms with Crippen molar-refractivity contribution in [1.82, 2.24) is 30.4 Å². The summed E-state index contributed by atoms with van der Waals surface area (Å²) in [6.07, 6.45) is 5.93. The number of urea groups is 1. The van der Waals surface area contributed by atoms with Gasteiger partial charge < -0.3 is 15.3 Å². The molecule has 2 heterocycles. The standard InChI is InChI=1S/C16H28N6O2/c1-16(2,3)22-14(18-19-20-22)13-9-8-12(10-23)21(13)15(24)17-11-6-4-5-7-11/h11-13,23H,4-10H2,1-3H3,(H,17,24)/t12-,13-/m0/s1. The van der Waals surface area contributed by atoms with Crippen molar-refractivity contribution < 1.29 is 9.90 Å². The number of rotatable bonds is 3. The molecule has 1 aromatic heterocycles. The highest BCUT2D eigenvalue weighted by Gasteiger charge is 2.42. The number of nitrogens with one attached hydrogen (secondary N) is 1. The quantitative estimate of drug-likeness (QED) is 0.873. The van der Waals surface area contributed by atoms with Gasteiger partial charge in [-0.2, -0.15) is 0 Å². The zero-order chi connectivity index (χ0) is 17.3. The Morgan fingerprint density at radius 1 is 1.25 bits per heavy atom. The predicted octanol–water partition coefficient (Wildman–Crippen LogP) is 1.58. The highest BCUT2D eigenvalue weighted by molar-refractivity contribution is 5.75. The molecule has 8 heteroatoms. The third-order valence-corrected chi connectivity index (χ3v) is 5.06. The molecule has 0 radical (unpaired) electrons. The van der Waals surface area contributed by atoms with E-state index in [1.807, 2.05) is 20.8 Å². The lowest BCUT2D eigenvalue weighted by Crippen LogP contribution is -2.48. The molecule has 1 aliphatic heterocycles. The van der Waals surface area contributed by atoms with Crippen LogP contribution in [-0.2, 0) is 5.54 Å². The van der Waals surface area contributed by atoms with E-state index in [-0.39, 0.29) is 36.3 Å². The lowest BCUT2D eigenvalue weighted by atomic mass is 10.1. The number of carbonyl (C=O) groups excluding carboxylic acids is 1. The number of carbonyl (C=O) groups is 1. The van der Waals surface area contributed by atoms with Crippen LogP contribution < -0.4 is 5.32 Å². The van der Waals surface area contributed by atoms with Gasteiger partial charge in [-0.05, 0) is 56.9 Å². The van der Waals surface area contributed by atoms with Crippen molar-refractivity contribution in [3.05, 3.63) is 5.82 Å². The van der Waals surface area contributed by atoms with Gasteiger partial charge in [0.25, 0.3) is 0 Å². The molecule has 3 rings (SSSR count).